The summed E-state index contributed by atoms with van der Waals surface area (Å²) >= 11 is 0. The molecule has 1 saturated carbocycles. The molecule has 2 aliphatic rings. The summed E-state index contributed by atoms with van der Waals surface area (Å²) in [5.41, 5.74) is 2.00. The van der Waals surface area contributed by atoms with Crippen molar-refractivity contribution in [3.8, 4) is 0 Å². The van der Waals surface area contributed by atoms with Gasteiger partial charge in [0.05, 0.1) is 0 Å². The number of carbonyl (C=O) groups is 1. The maximum Gasteiger partial charge on any atom is 0.349 e. The average molecular weight is 351 g/mol. The first-order valence-electron chi connectivity index (χ1n) is 9.43. The van der Waals surface area contributed by atoms with Crippen LogP contribution in [0.3, 0.4) is 0 Å². The number of carbonyl (C=O) groups excluding carboxylic acids is 1. The van der Waals surface area contributed by atoms with Gasteiger partial charge in [0.25, 0.3) is 5.91 Å². The van der Waals surface area contributed by atoms with Gasteiger partial charge in [0, 0.05) is 19.5 Å². The minimum Gasteiger partial charge on any atom is -0.427 e. The second-order valence-electron chi connectivity index (χ2n) is 8.14. The Labute approximate surface area is 153 Å². The molecule has 136 valence electrons. The summed E-state index contributed by atoms with van der Waals surface area (Å²) in [5.74, 6) is 1.10. The van der Waals surface area contributed by atoms with Crippen LogP contribution in [0.1, 0.15) is 47.0 Å². The molecule has 0 spiro atoms. The van der Waals surface area contributed by atoms with Crippen molar-refractivity contribution in [1.29, 1.82) is 0 Å². The molecule has 26 heavy (non-hydrogen) atoms. The van der Waals surface area contributed by atoms with Crippen LogP contribution in [-0.4, -0.2) is 23.9 Å². The van der Waals surface area contributed by atoms with Crippen molar-refractivity contribution < 1.29 is 9.21 Å². The second-order valence-corrected chi connectivity index (χ2v) is 8.14. The lowest BCUT2D eigenvalue weighted by Gasteiger charge is -2.20. The molecule has 0 bridgehead atoms. The maximum atomic E-state index is 12.8. The lowest BCUT2D eigenvalue weighted by molar-refractivity contribution is 0.0761. The molecule has 1 saturated heterocycles. The molecule has 1 aromatic carbocycles. The van der Waals surface area contributed by atoms with E-state index in [0.717, 1.165) is 31.5 Å². The summed E-state index contributed by atoms with van der Waals surface area (Å²) in [6.07, 6.45) is 3.75. The number of aryl methyl sites for hydroxylation is 3. The lowest BCUT2D eigenvalue weighted by Crippen LogP contribution is -2.35. The first kappa shape index (κ1) is 17.1. The number of likely N-dealkylation sites (tertiary alicyclic amines) is 1. The highest BCUT2D eigenvalue weighted by atomic mass is 16.4. The quantitative estimate of drug-likeness (QED) is 0.827. The van der Waals surface area contributed by atoms with E-state index in [4.69, 9.17) is 4.42 Å². The van der Waals surface area contributed by atoms with Crippen LogP contribution >= 0.6 is 0 Å². The van der Waals surface area contributed by atoms with Crippen molar-refractivity contribution in [3.63, 3.8) is 0 Å². The van der Waals surface area contributed by atoms with Gasteiger partial charge < -0.3 is 9.32 Å². The largest absolute Gasteiger partial charge is 0.427 e. The fourth-order valence-electron chi connectivity index (χ4n) is 4.23. The Bertz CT molecular complexity index is 886. The number of hydrogen-bond donors (Lipinski definition) is 0. The van der Waals surface area contributed by atoms with E-state index in [1.807, 2.05) is 36.1 Å². The third-order valence-corrected chi connectivity index (χ3v) is 5.96. The van der Waals surface area contributed by atoms with E-state index in [1.54, 1.807) is 0 Å². The smallest absolute Gasteiger partial charge is 0.349 e. The zero-order valence-corrected chi connectivity index (χ0v) is 15.5. The number of rotatable bonds is 5. The van der Waals surface area contributed by atoms with Crippen LogP contribution < -0.4 is 5.63 Å². The van der Waals surface area contributed by atoms with Gasteiger partial charge in [0.1, 0.15) is 11.3 Å². The van der Waals surface area contributed by atoms with Crippen molar-refractivity contribution in [2.24, 2.45) is 11.3 Å². The van der Waals surface area contributed by atoms with Crippen LogP contribution in [0.25, 0.3) is 0 Å². The maximum absolute atomic E-state index is 12.8. The lowest BCUT2D eigenvalue weighted by atomic mass is 10.1. The SMILES string of the molecule is Cc1cc(CCCc2ccccc2)oc(=O)c1C(=O)N1C[C@@H]2C[C@]2(C)C1. The molecule has 0 N–H and O–H groups in total. The van der Waals surface area contributed by atoms with E-state index >= 15 is 0 Å². The summed E-state index contributed by atoms with van der Waals surface area (Å²) in [5, 5.41) is 0. The van der Waals surface area contributed by atoms with Crippen molar-refractivity contribution >= 4 is 5.91 Å². The zero-order valence-electron chi connectivity index (χ0n) is 15.5. The first-order valence-corrected chi connectivity index (χ1v) is 9.43. The molecule has 1 amide bonds. The van der Waals surface area contributed by atoms with Gasteiger partial charge in [-0.05, 0) is 54.7 Å². The predicted molar refractivity (Wildman–Crippen MR) is 100 cm³/mol. The van der Waals surface area contributed by atoms with Gasteiger partial charge in [-0.15, -0.1) is 0 Å². The number of nitrogens with zero attached hydrogens (tertiary/aromatic N) is 1. The standard InChI is InChI=1S/C22H25NO3/c1-15-11-18(10-6-9-16-7-4-3-5-8-16)26-21(25)19(15)20(24)23-13-17-12-22(17,2)14-23/h3-5,7-8,11,17H,6,9-10,12-14H2,1-2H3/t17-,22+/m0/s1. The Kier molecular flexibility index (Phi) is 4.22. The van der Waals surface area contributed by atoms with Crippen LogP contribution in [0, 0.1) is 18.3 Å². The van der Waals surface area contributed by atoms with Crippen molar-refractivity contribution in [2.45, 2.75) is 39.5 Å². The van der Waals surface area contributed by atoms with Gasteiger partial charge in [-0.2, -0.15) is 0 Å². The molecule has 2 fully saturated rings. The number of fused-ring (bicyclic) bond motifs is 1. The van der Waals surface area contributed by atoms with E-state index in [1.165, 1.54) is 12.0 Å². The fraction of sp³-hybridized carbons (Fsp3) is 0.455. The third kappa shape index (κ3) is 3.20. The number of benzene rings is 1. The first-order chi connectivity index (χ1) is 12.5. The second kappa shape index (κ2) is 6.42. The predicted octanol–water partition coefficient (Wildman–Crippen LogP) is 3.61. The Morgan fingerprint density at radius 2 is 2.04 bits per heavy atom. The number of hydrogen-bond acceptors (Lipinski definition) is 3. The minimum absolute atomic E-state index is 0.166. The molecule has 1 aliphatic carbocycles. The Morgan fingerprint density at radius 3 is 2.69 bits per heavy atom. The van der Waals surface area contributed by atoms with Crippen LogP contribution in [-0.2, 0) is 12.8 Å². The van der Waals surface area contributed by atoms with Crippen LogP contribution in [0.5, 0.6) is 0 Å². The average Bonchev–Trinajstić information content (AvgIpc) is 3.12. The molecule has 2 aromatic rings. The summed E-state index contributed by atoms with van der Waals surface area (Å²) in [4.78, 5) is 27.0. The molecule has 1 aromatic heterocycles. The highest BCUT2D eigenvalue weighted by molar-refractivity contribution is 5.95. The topological polar surface area (TPSA) is 50.5 Å². The van der Waals surface area contributed by atoms with Gasteiger partial charge >= 0.3 is 5.63 Å². The van der Waals surface area contributed by atoms with Gasteiger partial charge in [-0.25, -0.2) is 4.79 Å². The van der Waals surface area contributed by atoms with E-state index in [-0.39, 0.29) is 16.9 Å². The van der Waals surface area contributed by atoms with E-state index in [0.29, 0.717) is 18.1 Å². The highest BCUT2D eigenvalue weighted by Crippen LogP contribution is 2.57. The highest BCUT2D eigenvalue weighted by Gasteiger charge is 2.57. The Morgan fingerprint density at radius 1 is 1.27 bits per heavy atom. The molecular weight excluding hydrogens is 326 g/mol. The fourth-order valence-corrected chi connectivity index (χ4v) is 4.23. The normalized spacial score (nSPS) is 23.8. The summed E-state index contributed by atoms with van der Waals surface area (Å²) in [6.45, 7) is 5.58. The minimum atomic E-state index is -0.490. The summed E-state index contributed by atoms with van der Waals surface area (Å²) < 4.78 is 5.47. The molecule has 4 heteroatoms. The summed E-state index contributed by atoms with van der Waals surface area (Å²) in [7, 11) is 0. The molecule has 0 unspecified atom stereocenters. The Balaban J connectivity index is 1.43. The van der Waals surface area contributed by atoms with E-state index in [9.17, 15) is 9.59 Å². The molecule has 4 rings (SSSR count). The van der Waals surface area contributed by atoms with Crippen LogP contribution in [0.4, 0.5) is 0 Å². The zero-order chi connectivity index (χ0) is 18.3. The molecule has 2 atom stereocenters. The Hall–Kier alpha value is -2.36. The van der Waals surface area contributed by atoms with Gasteiger partial charge in [0.15, 0.2) is 0 Å². The number of piperidine rings is 1. The summed E-state index contributed by atoms with van der Waals surface area (Å²) in [6, 6.07) is 12.1. The molecule has 2 heterocycles. The van der Waals surface area contributed by atoms with Gasteiger partial charge in [0.2, 0.25) is 0 Å². The van der Waals surface area contributed by atoms with Gasteiger partial charge in [-0.3, -0.25) is 4.79 Å². The monoisotopic (exact) mass is 351 g/mol. The van der Waals surface area contributed by atoms with Crippen LogP contribution in [0.2, 0.25) is 0 Å². The van der Waals surface area contributed by atoms with Crippen LogP contribution in [0.15, 0.2) is 45.6 Å². The molecule has 0 radical (unpaired) electrons. The molecular formula is C22H25NO3. The van der Waals surface area contributed by atoms with E-state index < -0.39 is 5.63 Å². The molecule has 4 nitrogen and oxygen atoms in total. The van der Waals surface area contributed by atoms with Crippen molar-refractivity contribution in [3.05, 3.63) is 69.3 Å². The van der Waals surface area contributed by atoms with Crippen molar-refractivity contribution in [2.75, 3.05) is 13.1 Å². The molecule has 1 aliphatic heterocycles. The third-order valence-electron chi connectivity index (χ3n) is 5.96. The van der Waals surface area contributed by atoms with E-state index in [2.05, 4.69) is 19.1 Å². The van der Waals surface area contributed by atoms with Gasteiger partial charge in [-0.1, -0.05) is 37.3 Å². The van der Waals surface area contributed by atoms with Crippen molar-refractivity contribution in [1.82, 2.24) is 4.90 Å². The number of amides is 1.